The summed E-state index contributed by atoms with van der Waals surface area (Å²) in [4.78, 5) is 15.8. The molecule has 0 aromatic carbocycles. The summed E-state index contributed by atoms with van der Waals surface area (Å²) >= 11 is 0. The van der Waals surface area contributed by atoms with E-state index in [4.69, 9.17) is 10.5 Å². The number of aromatic amines is 1. The van der Waals surface area contributed by atoms with Gasteiger partial charge in [0.15, 0.2) is 5.65 Å². The maximum Gasteiger partial charge on any atom is 0.295 e. The number of hydrogen-bond donors (Lipinski definition) is 2. The van der Waals surface area contributed by atoms with Crippen molar-refractivity contribution in [1.29, 1.82) is 0 Å². The van der Waals surface area contributed by atoms with Gasteiger partial charge in [-0.1, -0.05) is 12.8 Å². The van der Waals surface area contributed by atoms with Crippen molar-refractivity contribution in [3.05, 3.63) is 5.69 Å². The van der Waals surface area contributed by atoms with Crippen LogP contribution in [0.25, 0.3) is 11.2 Å². The van der Waals surface area contributed by atoms with Crippen LogP contribution in [0.1, 0.15) is 37.3 Å². The Bertz CT molecular complexity index is 544. The van der Waals surface area contributed by atoms with Gasteiger partial charge in [-0.2, -0.15) is 9.97 Å². The Hall–Kier alpha value is -1.85. The first-order valence-corrected chi connectivity index (χ1v) is 5.85. The first-order chi connectivity index (χ1) is 8.28. The van der Waals surface area contributed by atoms with E-state index in [1.807, 2.05) is 0 Å². The lowest BCUT2D eigenvalue weighted by Gasteiger charge is -2.09. The highest BCUT2D eigenvalue weighted by Crippen LogP contribution is 2.36. The zero-order valence-electron chi connectivity index (χ0n) is 9.73. The van der Waals surface area contributed by atoms with E-state index in [1.54, 1.807) is 7.11 Å². The van der Waals surface area contributed by atoms with E-state index in [-0.39, 0.29) is 5.95 Å². The number of hydrogen-bond acceptors (Lipinski definition) is 5. The monoisotopic (exact) mass is 233 g/mol. The summed E-state index contributed by atoms with van der Waals surface area (Å²) in [5, 5.41) is 0. The van der Waals surface area contributed by atoms with Gasteiger partial charge in [0, 0.05) is 5.92 Å². The van der Waals surface area contributed by atoms with Gasteiger partial charge in [-0.15, -0.1) is 0 Å². The molecule has 1 aliphatic carbocycles. The first-order valence-electron chi connectivity index (χ1n) is 5.85. The maximum atomic E-state index is 5.73. The number of nitrogens with two attached hydrogens (primary N) is 1. The maximum absolute atomic E-state index is 5.73. The molecule has 0 saturated heterocycles. The van der Waals surface area contributed by atoms with Crippen molar-refractivity contribution in [2.45, 2.75) is 31.6 Å². The number of nitrogens with zero attached hydrogens (tertiary/aromatic N) is 3. The molecule has 0 amide bonds. The Morgan fingerprint density at radius 3 is 2.71 bits per heavy atom. The van der Waals surface area contributed by atoms with Crippen LogP contribution in [-0.2, 0) is 0 Å². The topological polar surface area (TPSA) is 89.7 Å². The third-order valence-electron chi connectivity index (χ3n) is 3.31. The molecule has 1 aliphatic rings. The van der Waals surface area contributed by atoms with E-state index in [0.717, 1.165) is 24.1 Å². The third-order valence-corrected chi connectivity index (χ3v) is 3.31. The number of ether oxygens (including phenoxy) is 1. The summed E-state index contributed by atoms with van der Waals surface area (Å²) in [7, 11) is 1.57. The number of fused-ring (bicyclic) bond motifs is 1. The Balaban J connectivity index is 2.17. The van der Waals surface area contributed by atoms with Crippen LogP contribution in [0.15, 0.2) is 0 Å². The van der Waals surface area contributed by atoms with E-state index < -0.39 is 0 Å². The standard InChI is InChI=1S/C11H15N5O/c1-17-11-14-8-7(6-4-2-3-5-6)13-10(12)15-9(8)16-11/h6H,2-5H2,1H3,(H3,12,13,14,15,16). The highest BCUT2D eigenvalue weighted by Gasteiger charge is 2.23. The summed E-state index contributed by atoms with van der Waals surface area (Å²) < 4.78 is 5.08. The summed E-state index contributed by atoms with van der Waals surface area (Å²) in [5.74, 6) is 0.751. The molecule has 0 radical (unpaired) electrons. The first kappa shape index (κ1) is 10.3. The lowest BCUT2D eigenvalue weighted by atomic mass is 10.0. The molecule has 6 heteroatoms. The second-order valence-corrected chi connectivity index (χ2v) is 4.39. The summed E-state index contributed by atoms with van der Waals surface area (Å²) in [6.07, 6.45) is 4.82. The van der Waals surface area contributed by atoms with Crippen molar-refractivity contribution in [3.8, 4) is 6.01 Å². The van der Waals surface area contributed by atoms with E-state index in [2.05, 4.69) is 19.9 Å². The van der Waals surface area contributed by atoms with Crippen molar-refractivity contribution in [2.75, 3.05) is 12.8 Å². The predicted molar refractivity (Wildman–Crippen MR) is 63.9 cm³/mol. The molecule has 1 saturated carbocycles. The molecule has 0 aliphatic heterocycles. The van der Waals surface area contributed by atoms with E-state index >= 15 is 0 Å². The Morgan fingerprint density at radius 1 is 1.24 bits per heavy atom. The molecule has 0 spiro atoms. The average Bonchev–Trinajstić information content (AvgIpc) is 2.96. The zero-order valence-corrected chi connectivity index (χ0v) is 9.73. The minimum atomic E-state index is 0.286. The van der Waals surface area contributed by atoms with Gasteiger partial charge in [0.1, 0.15) is 5.52 Å². The van der Waals surface area contributed by atoms with Gasteiger partial charge in [0.05, 0.1) is 12.8 Å². The number of nitrogen functional groups attached to an aromatic ring is 1. The molecular weight excluding hydrogens is 218 g/mol. The van der Waals surface area contributed by atoms with Crippen LogP contribution >= 0.6 is 0 Å². The number of rotatable bonds is 2. The minimum Gasteiger partial charge on any atom is -0.468 e. The van der Waals surface area contributed by atoms with Crippen molar-refractivity contribution < 1.29 is 4.74 Å². The smallest absolute Gasteiger partial charge is 0.295 e. The van der Waals surface area contributed by atoms with Gasteiger partial charge < -0.3 is 15.5 Å². The van der Waals surface area contributed by atoms with Crippen LogP contribution in [0.4, 0.5) is 5.95 Å². The molecule has 0 bridgehead atoms. The molecular formula is C11H15N5O. The molecule has 0 unspecified atom stereocenters. The highest BCUT2D eigenvalue weighted by atomic mass is 16.5. The Kier molecular flexibility index (Phi) is 2.35. The molecule has 3 N–H and O–H groups in total. The fraction of sp³-hybridized carbons (Fsp3) is 0.545. The molecule has 2 aromatic rings. The summed E-state index contributed by atoms with van der Waals surface area (Å²) in [6, 6.07) is 0.458. The SMILES string of the molecule is COc1nc2nc(N)nc(C3CCCC3)c2[nH]1. The lowest BCUT2D eigenvalue weighted by molar-refractivity contribution is 0.385. The fourth-order valence-corrected chi connectivity index (χ4v) is 2.51. The van der Waals surface area contributed by atoms with Crippen molar-refractivity contribution >= 4 is 17.1 Å². The van der Waals surface area contributed by atoms with E-state index in [0.29, 0.717) is 17.6 Å². The van der Waals surface area contributed by atoms with Crippen LogP contribution in [0.2, 0.25) is 0 Å². The third kappa shape index (κ3) is 1.69. The Labute approximate surface area is 98.6 Å². The molecule has 2 heterocycles. The van der Waals surface area contributed by atoms with Gasteiger partial charge >= 0.3 is 0 Å². The molecule has 0 atom stereocenters. The van der Waals surface area contributed by atoms with Crippen LogP contribution in [0.5, 0.6) is 6.01 Å². The lowest BCUT2D eigenvalue weighted by Crippen LogP contribution is -2.03. The molecule has 17 heavy (non-hydrogen) atoms. The van der Waals surface area contributed by atoms with Crippen LogP contribution in [-0.4, -0.2) is 27.0 Å². The van der Waals surface area contributed by atoms with Crippen molar-refractivity contribution in [1.82, 2.24) is 19.9 Å². The average molecular weight is 233 g/mol. The molecule has 90 valence electrons. The van der Waals surface area contributed by atoms with E-state index in [9.17, 15) is 0 Å². The molecule has 3 rings (SSSR count). The minimum absolute atomic E-state index is 0.286. The fourth-order valence-electron chi connectivity index (χ4n) is 2.51. The summed E-state index contributed by atoms with van der Waals surface area (Å²) in [5.41, 5.74) is 8.17. The highest BCUT2D eigenvalue weighted by molar-refractivity contribution is 5.75. The number of H-pyrrole nitrogens is 1. The number of aromatic nitrogens is 4. The normalized spacial score (nSPS) is 16.8. The second-order valence-electron chi connectivity index (χ2n) is 4.39. The molecule has 6 nitrogen and oxygen atoms in total. The van der Waals surface area contributed by atoms with Gasteiger partial charge in [-0.25, -0.2) is 4.98 Å². The van der Waals surface area contributed by atoms with Gasteiger partial charge in [-0.3, -0.25) is 0 Å². The second kappa shape index (κ2) is 3.87. The number of methoxy groups -OCH3 is 1. The number of imidazole rings is 1. The van der Waals surface area contributed by atoms with Gasteiger partial charge in [0.2, 0.25) is 5.95 Å². The van der Waals surface area contributed by atoms with Crippen LogP contribution in [0, 0.1) is 0 Å². The number of nitrogens with one attached hydrogen (secondary N) is 1. The van der Waals surface area contributed by atoms with Crippen LogP contribution in [0.3, 0.4) is 0 Å². The quantitative estimate of drug-likeness (QED) is 0.822. The van der Waals surface area contributed by atoms with Gasteiger partial charge in [-0.05, 0) is 12.8 Å². The Morgan fingerprint density at radius 2 is 2.00 bits per heavy atom. The van der Waals surface area contributed by atoms with Crippen LogP contribution < -0.4 is 10.5 Å². The van der Waals surface area contributed by atoms with E-state index in [1.165, 1.54) is 12.8 Å². The molecule has 2 aromatic heterocycles. The predicted octanol–water partition coefficient (Wildman–Crippen LogP) is 1.60. The largest absolute Gasteiger partial charge is 0.468 e. The molecule has 1 fully saturated rings. The van der Waals surface area contributed by atoms with Crippen molar-refractivity contribution in [2.24, 2.45) is 0 Å². The van der Waals surface area contributed by atoms with Crippen molar-refractivity contribution in [3.63, 3.8) is 0 Å². The zero-order chi connectivity index (χ0) is 11.8. The number of anilines is 1. The summed E-state index contributed by atoms with van der Waals surface area (Å²) in [6.45, 7) is 0. The van der Waals surface area contributed by atoms with Gasteiger partial charge in [0.25, 0.3) is 6.01 Å².